The number of nitrogens with zero attached hydrogens (tertiary/aromatic N) is 3. The predicted octanol–water partition coefficient (Wildman–Crippen LogP) is 3.55. The zero-order chi connectivity index (χ0) is 27.9. The van der Waals surface area contributed by atoms with E-state index in [4.69, 9.17) is 4.74 Å². The first-order chi connectivity index (χ1) is 17.2. The molecule has 14 heteroatoms. The molecule has 2 heterocycles. The van der Waals surface area contributed by atoms with Crippen molar-refractivity contribution in [2.45, 2.75) is 70.2 Å². The second-order valence-corrected chi connectivity index (χ2v) is 10.8. The van der Waals surface area contributed by atoms with Gasteiger partial charge in [-0.3, -0.25) is 9.48 Å². The van der Waals surface area contributed by atoms with Crippen LogP contribution in [0.25, 0.3) is 0 Å². The number of ether oxygens (including phenoxy) is 1. The number of carbonyl (C=O) groups is 2. The Morgan fingerprint density at radius 1 is 1.11 bits per heavy atom. The Kier molecular flexibility index (Phi) is 9.83. The molecule has 0 saturated heterocycles. The summed E-state index contributed by atoms with van der Waals surface area (Å²) >= 11 is 0. The lowest BCUT2D eigenvalue weighted by Crippen LogP contribution is -2.67. The van der Waals surface area contributed by atoms with Gasteiger partial charge in [0.25, 0.3) is 10.0 Å². The fourth-order valence-corrected chi connectivity index (χ4v) is 4.86. The molecule has 0 aromatic carbocycles. The van der Waals surface area contributed by atoms with Crippen LogP contribution in [0, 0.1) is 5.41 Å². The number of alkyl carbamates (subject to hydrolysis) is 1. The van der Waals surface area contributed by atoms with Crippen LogP contribution in [0.2, 0.25) is 0 Å². The number of nitrogens with one attached hydrogen (secondary N) is 2. The van der Waals surface area contributed by atoms with Crippen molar-refractivity contribution in [3.63, 3.8) is 0 Å². The summed E-state index contributed by atoms with van der Waals surface area (Å²) in [5.41, 5.74) is -4.13. The number of rotatable bonds is 13. The van der Waals surface area contributed by atoms with E-state index in [9.17, 15) is 31.2 Å². The third-order valence-electron chi connectivity index (χ3n) is 5.93. The number of hydrogen-bond acceptors (Lipinski definition) is 7. The summed E-state index contributed by atoms with van der Waals surface area (Å²) in [6.07, 6.45) is -1.97. The highest BCUT2D eigenvalue weighted by atomic mass is 32.2. The lowest BCUT2D eigenvalue weighted by molar-refractivity contribution is -0.141. The molecule has 10 nitrogen and oxygen atoms in total. The first-order valence-electron chi connectivity index (χ1n) is 11.7. The van der Waals surface area contributed by atoms with E-state index in [0.29, 0.717) is 19.3 Å². The molecular formula is C23H32F3N5O5S. The van der Waals surface area contributed by atoms with Crippen molar-refractivity contribution >= 4 is 21.9 Å². The summed E-state index contributed by atoms with van der Waals surface area (Å²) < 4.78 is 73.2. The predicted molar refractivity (Wildman–Crippen MR) is 128 cm³/mol. The molecule has 0 aliphatic rings. The molecule has 0 unspecified atom stereocenters. The number of Topliss-reactive ketones (excluding diaryl/α,β-unsaturated/α-hetero) is 1. The molecule has 2 N–H and O–H groups in total. The van der Waals surface area contributed by atoms with Gasteiger partial charge in [-0.05, 0) is 36.5 Å². The minimum Gasteiger partial charge on any atom is -0.450 e. The molecule has 1 amide bonds. The van der Waals surface area contributed by atoms with Crippen LogP contribution in [0.1, 0.15) is 52.7 Å². The topological polar surface area (TPSA) is 132 Å². The standard InChI is InChI=1S/C23H32F3N5O5S/c1-5-11-21(3,4)22(29-20(33)36-14-6-2,16-31-13-10-17(30-31)23(24,25)26)18(32)15-28-37(34,35)19-9-7-8-12-27-19/h7-10,12-13,28H,5-6,11,14-16H2,1-4H3,(H,29,33)/t22-/m0/s1. The van der Waals surface area contributed by atoms with E-state index in [1.165, 1.54) is 24.4 Å². The molecular weight excluding hydrogens is 515 g/mol. The summed E-state index contributed by atoms with van der Waals surface area (Å²) in [4.78, 5) is 30.3. The van der Waals surface area contributed by atoms with Crippen molar-refractivity contribution in [1.82, 2.24) is 24.8 Å². The maximum atomic E-state index is 13.8. The molecule has 0 fully saturated rings. The van der Waals surface area contributed by atoms with Crippen molar-refractivity contribution in [2.24, 2.45) is 5.41 Å². The highest BCUT2D eigenvalue weighted by molar-refractivity contribution is 7.89. The van der Waals surface area contributed by atoms with Gasteiger partial charge in [-0.1, -0.05) is 40.2 Å². The Bertz CT molecular complexity index is 1170. The molecule has 0 aliphatic heterocycles. The number of hydrogen-bond donors (Lipinski definition) is 2. The maximum Gasteiger partial charge on any atom is 0.435 e. The zero-order valence-electron chi connectivity index (χ0n) is 21.1. The highest BCUT2D eigenvalue weighted by Crippen LogP contribution is 2.38. The molecule has 0 bridgehead atoms. The molecule has 2 rings (SSSR count). The lowest BCUT2D eigenvalue weighted by atomic mass is 9.66. The number of halogens is 3. The van der Waals surface area contributed by atoms with Gasteiger partial charge in [-0.15, -0.1) is 0 Å². The molecule has 0 radical (unpaired) electrons. The summed E-state index contributed by atoms with van der Waals surface area (Å²) in [6.45, 7) is 5.70. The Morgan fingerprint density at radius 2 is 1.81 bits per heavy atom. The van der Waals surface area contributed by atoms with Gasteiger partial charge >= 0.3 is 12.3 Å². The van der Waals surface area contributed by atoms with Crippen LogP contribution >= 0.6 is 0 Å². The molecule has 0 spiro atoms. The number of ketones is 1. The van der Waals surface area contributed by atoms with E-state index in [0.717, 1.165) is 16.9 Å². The van der Waals surface area contributed by atoms with E-state index in [1.54, 1.807) is 20.8 Å². The van der Waals surface area contributed by atoms with Gasteiger partial charge in [0, 0.05) is 12.4 Å². The van der Waals surface area contributed by atoms with Crippen LogP contribution in [0.4, 0.5) is 18.0 Å². The van der Waals surface area contributed by atoms with Crippen molar-refractivity contribution in [3.05, 3.63) is 42.4 Å². The van der Waals surface area contributed by atoms with E-state index >= 15 is 0 Å². The molecule has 0 saturated carbocycles. The Balaban J connectivity index is 2.52. The van der Waals surface area contributed by atoms with Gasteiger partial charge in [0.1, 0.15) is 5.54 Å². The summed E-state index contributed by atoms with van der Waals surface area (Å²) in [6, 6.07) is 4.97. The summed E-state index contributed by atoms with van der Waals surface area (Å²) in [5, 5.41) is 5.79. The first-order valence-corrected chi connectivity index (χ1v) is 13.2. The highest BCUT2D eigenvalue weighted by Gasteiger charge is 2.52. The van der Waals surface area contributed by atoms with E-state index < -0.39 is 57.8 Å². The second-order valence-electron chi connectivity index (χ2n) is 9.11. The third kappa shape index (κ3) is 7.51. The van der Waals surface area contributed by atoms with Crippen molar-refractivity contribution < 1.29 is 35.9 Å². The minimum absolute atomic E-state index is 0.0383. The van der Waals surface area contributed by atoms with Crippen LogP contribution in [0.3, 0.4) is 0 Å². The number of pyridine rings is 1. The van der Waals surface area contributed by atoms with Crippen LogP contribution in [-0.2, 0) is 32.3 Å². The van der Waals surface area contributed by atoms with Crippen LogP contribution in [-0.4, -0.2) is 53.7 Å². The fourth-order valence-electron chi connectivity index (χ4n) is 3.94. The molecule has 37 heavy (non-hydrogen) atoms. The SMILES string of the molecule is CCCOC(=O)N[C@@](Cn1ccc(C(F)(F)F)n1)(C(=O)CNS(=O)(=O)c1ccccn1)C(C)(C)CCC. The van der Waals surface area contributed by atoms with Crippen LogP contribution in [0.5, 0.6) is 0 Å². The van der Waals surface area contributed by atoms with Crippen molar-refractivity contribution in [2.75, 3.05) is 13.2 Å². The minimum atomic E-state index is -4.72. The van der Waals surface area contributed by atoms with E-state index in [1.807, 2.05) is 6.92 Å². The molecule has 206 valence electrons. The first kappa shape index (κ1) is 30.2. The largest absolute Gasteiger partial charge is 0.450 e. The van der Waals surface area contributed by atoms with Gasteiger partial charge in [-0.25, -0.2) is 22.9 Å². The van der Waals surface area contributed by atoms with E-state index in [-0.39, 0.29) is 11.6 Å². The van der Waals surface area contributed by atoms with Crippen molar-refractivity contribution in [1.29, 1.82) is 0 Å². The van der Waals surface area contributed by atoms with Gasteiger partial charge in [-0.2, -0.15) is 18.3 Å². The van der Waals surface area contributed by atoms with E-state index in [2.05, 4.69) is 20.1 Å². The third-order valence-corrected chi connectivity index (χ3v) is 7.24. The Hall–Kier alpha value is -3.00. The Morgan fingerprint density at radius 3 is 2.35 bits per heavy atom. The van der Waals surface area contributed by atoms with Crippen LogP contribution < -0.4 is 10.0 Å². The van der Waals surface area contributed by atoms with Gasteiger partial charge in [0.05, 0.1) is 19.7 Å². The van der Waals surface area contributed by atoms with Crippen LogP contribution in [0.15, 0.2) is 41.7 Å². The summed E-state index contributed by atoms with van der Waals surface area (Å²) in [5.74, 6) is -0.789. The smallest absolute Gasteiger partial charge is 0.435 e. The molecule has 2 aromatic heterocycles. The normalized spacial score (nSPS) is 14.1. The number of alkyl halides is 3. The molecule has 2 aromatic rings. The average Bonchev–Trinajstić information content (AvgIpc) is 3.30. The fraction of sp³-hybridized carbons (Fsp3) is 0.565. The monoisotopic (exact) mass is 547 g/mol. The number of carbonyl (C=O) groups excluding carboxylic acids is 2. The Labute approximate surface area is 214 Å². The average molecular weight is 548 g/mol. The number of sulfonamides is 1. The maximum absolute atomic E-state index is 13.8. The number of aromatic nitrogens is 3. The molecule has 0 aliphatic carbocycles. The quantitative estimate of drug-likeness (QED) is 0.392. The number of amides is 1. The lowest BCUT2D eigenvalue weighted by Gasteiger charge is -2.45. The van der Waals surface area contributed by atoms with Gasteiger partial charge in [0.2, 0.25) is 0 Å². The zero-order valence-corrected chi connectivity index (χ0v) is 21.9. The van der Waals surface area contributed by atoms with Gasteiger partial charge in [0.15, 0.2) is 16.5 Å². The van der Waals surface area contributed by atoms with Crippen molar-refractivity contribution in [3.8, 4) is 0 Å². The molecule has 1 atom stereocenters. The second kappa shape index (κ2) is 12.0. The summed E-state index contributed by atoms with van der Waals surface area (Å²) in [7, 11) is -4.20. The van der Waals surface area contributed by atoms with Gasteiger partial charge < -0.3 is 10.1 Å².